The van der Waals surface area contributed by atoms with Crippen molar-refractivity contribution >= 4 is 5.69 Å². The molecule has 0 atom stereocenters. The quantitative estimate of drug-likeness (QED) is 0.673. The first-order valence-corrected chi connectivity index (χ1v) is 4.13. The first-order chi connectivity index (χ1) is 6.60. The Morgan fingerprint density at radius 1 is 1.36 bits per heavy atom. The minimum atomic E-state index is 0.404. The molecule has 0 heterocycles. The van der Waals surface area contributed by atoms with E-state index in [1.54, 1.807) is 26.0 Å². The molecule has 0 unspecified atom stereocenters. The van der Waals surface area contributed by atoms with Crippen LogP contribution in [0.25, 0.3) is 0 Å². The van der Waals surface area contributed by atoms with Gasteiger partial charge in [0.25, 0.3) is 4.92 Å². The molecule has 0 fully saturated rings. The number of rotatable bonds is 2. The first kappa shape index (κ1) is 10.2. The molecule has 0 saturated carbocycles. The molecule has 0 radical (unpaired) electrons. The zero-order chi connectivity index (χ0) is 10.7. The van der Waals surface area contributed by atoms with Crippen LogP contribution in [0.15, 0.2) is 12.1 Å². The summed E-state index contributed by atoms with van der Waals surface area (Å²) in [5.41, 5.74) is 2.57. The van der Waals surface area contributed by atoms with Crippen LogP contribution < -0.4 is 0 Å². The molecule has 0 N–H and O–H groups in total. The van der Waals surface area contributed by atoms with Crippen molar-refractivity contribution in [2.45, 2.75) is 13.8 Å². The van der Waals surface area contributed by atoms with Gasteiger partial charge in [-0.25, -0.2) is 4.84 Å². The second kappa shape index (κ2) is 3.88. The number of aryl methyl sites for hydroxylation is 2. The summed E-state index contributed by atoms with van der Waals surface area (Å²) in [6.45, 7) is 3.58. The molecule has 0 aliphatic heterocycles. The molecule has 4 heteroatoms. The fourth-order valence-electron chi connectivity index (χ4n) is 1.33. The van der Waals surface area contributed by atoms with E-state index in [1.807, 2.05) is 0 Å². The van der Waals surface area contributed by atoms with E-state index in [0.29, 0.717) is 16.2 Å². The molecule has 0 aliphatic carbocycles. The Labute approximate surface area is 82.3 Å². The van der Waals surface area contributed by atoms with Crippen LogP contribution in [0.3, 0.4) is 0 Å². The molecule has 4 nitrogen and oxygen atoms in total. The number of hydrogen-bond acceptors (Lipinski definition) is 3. The van der Waals surface area contributed by atoms with Gasteiger partial charge in [0.2, 0.25) is 0 Å². The van der Waals surface area contributed by atoms with Crippen molar-refractivity contribution in [2.24, 2.45) is 0 Å². The molecule has 1 aromatic carbocycles. The number of nitrogens with zero attached hydrogens (tertiary/aromatic N) is 2. The Bertz CT molecular complexity index is 396. The zero-order valence-corrected chi connectivity index (χ0v) is 8.37. The molecule has 1 rings (SSSR count). The van der Waals surface area contributed by atoms with Crippen LogP contribution in [-0.2, 0) is 4.84 Å². The van der Waals surface area contributed by atoms with Gasteiger partial charge in [0.15, 0.2) is 7.11 Å². The summed E-state index contributed by atoms with van der Waals surface area (Å²) < 4.78 is 0. The van der Waals surface area contributed by atoms with Crippen molar-refractivity contribution in [2.75, 3.05) is 7.11 Å². The van der Waals surface area contributed by atoms with Crippen LogP contribution in [0.5, 0.6) is 0 Å². The summed E-state index contributed by atoms with van der Waals surface area (Å²) in [4.78, 5) is 16.1. The van der Waals surface area contributed by atoms with Gasteiger partial charge in [-0.15, -0.1) is 0 Å². The maximum absolute atomic E-state index is 11.1. The van der Waals surface area contributed by atoms with Crippen molar-refractivity contribution in [3.8, 4) is 6.07 Å². The minimum absolute atomic E-state index is 0.404. The molecule has 0 aromatic heterocycles. The Kier molecular flexibility index (Phi) is 2.82. The normalized spacial score (nSPS) is 9.29. The van der Waals surface area contributed by atoms with E-state index >= 15 is 0 Å². The second-order valence-electron chi connectivity index (χ2n) is 3.01. The van der Waals surface area contributed by atoms with Gasteiger partial charge in [-0.2, -0.15) is 5.26 Å². The van der Waals surface area contributed by atoms with Gasteiger partial charge in [-0.05, 0) is 25.0 Å². The topological polar surface area (TPSA) is 53.1 Å². The standard InChI is InChI=1S/C10H11N2O2/c1-7-4-9(12(13)14-3)5-8(2)10(7)6-11/h4-5H,1-3H3/q+1. The number of nitriles is 1. The van der Waals surface area contributed by atoms with E-state index in [2.05, 4.69) is 10.9 Å². The Balaban J connectivity index is 3.29. The lowest BCUT2D eigenvalue weighted by atomic mass is 10.0. The van der Waals surface area contributed by atoms with Gasteiger partial charge in [0.1, 0.15) is 0 Å². The van der Waals surface area contributed by atoms with Gasteiger partial charge in [-0.1, -0.05) is 0 Å². The van der Waals surface area contributed by atoms with Crippen LogP contribution in [0.1, 0.15) is 16.7 Å². The average molecular weight is 191 g/mol. The van der Waals surface area contributed by atoms with Crippen LogP contribution in [-0.4, -0.2) is 12.0 Å². The summed E-state index contributed by atoms with van der Waals surface area (Å²) in [7, 11) is 1.30. The highest BCUT2D eigenvalue weighted by atomic mass is 16.8. The lowest BCUT2D eigenvalue weighted by molar-refractivity contribution is -0.736. The summed E-state index contributed by atoms with van der Waals surface area (Å²) >= 11 is 0. The largest absolute Gasteiger partial charge is 0.317 e. The van der Waals surface area contributed by atoms with Crippen LogP contribution in [0, 0.1) is 30.1 Å². The van der Waals surface area contributed by atoms with Crippen LogP contribution >= 0.6 is 0 Å². The SMILES string of the molecule is CO[N+](=O)c1cc(C)c(C#N)c(C)c1. The molecule has 0 aliphatic rings. The third-order valence-corrected chi connectivity index (χ3v) is 2.01. The van der Waals surface area contributed by atoms with E-state index in [4.69, 9.17) is 5.26 Å². The van der Waals surface area contributed by atoms with Gasteiger partial charge in [-0.3, -0.25) is 0 Å². The summed E-state index contributed by atoms with van der Waals surface area (Å²) in [6.07, 6.45) is 0. The van der Waals surface area contributed by atoms with E-state index in [1.165, 1.54) is 7.11 Å². The van der Waals surface area contributed by atoms with E-state index in [0.717, 1.165) is 11.1 Å². The predicted molar refractivity (Wildman–Crippen MR) is 50.9 cm³/mol. The van der Waals surface area contributed by atoms with Crippen molar-refractivity contribution in [1.82, 2.24) is 0 Å². The molecular weight excluding hydrogens is 180 g/mol. The van der Waals surface area contributed by atoms with E-state index in [-0.39, 0.29) is 0 Å². The van der Waals surface area contributed by atoms with Gasteiger partial charge < -0.3 is 0 Å². The maximum Gasteiger partial charge on any atom is 0.317 e. The fourth-order valence-corrected chi connectivity index (χ4v) is 1.33. The highest BCUT2D eigenvalue weighted by molar-refractivity contribution is 5.50. The number of hydrogen-bond donors (Lipinski definition) is 0. The van der Waals surface area contributed by atoms with Crippen LogP contribution in [0.2, 0.25) is 0 Å². The zero-order valence-electron chi connectivity index (χ0n) is 8.37. The monoisotopic (exact) mass is 191 g/mol. The highest BCUT2D eigenvalue weighted by Gasteiger charge is 2.17. The molecular formula is C10H11N2O2+. The Morgan fingerprint density at radius 3 is 2.21 bits per heavy atom. The molecule has 0 bridgehead atoms. The van der Waals surface area contributed by atoms with Crippen molar-refractivity contribution in [3.63, 3.8) is 0 Å². The Morgan fingerprint density at radius 2 is 1.86 bits per heavy atom. The van der Waals surface area contributed by atoms with Gasteiger partial charge in [0, 0.05) is 12.1 Å². The lowest BCUT2D eigenvalue weighted by Gasteiger charge is -1.99. The predicted octanol–water partition coefficient (Wildman–Crippen LogP) is 2.15. The van der Waals surface area contributed by atoms with Crippen molar-refractivity contribution < 1.29 is 9.76 Å². The summed E-state index contributed by atoms with van der Waals surface area (Å²) in [5, 5.41) is 8.81. The van der Waals surface area contributed by atoms with E-state index < -0.39 is 0 Å². The average Bonchev–Trinajstić information content (AvgIpc) is 2.16. The molecule has 0 saturated heterocycles. The van der Waals surface area contributed by atoms with Gasteiger partial charge in [0.05, 0.1) is 16.5 Å². The van der Waals surface area contributed by atoms with Crippen LogP contribution in [0.4, 0.5) is 5.69 Å². The van der Waals surface area contributed by atoms with Crippen molar-refractivity contribution in [1.29, 1.82) is 5.26 Å². The van der Waals surface area contributed by atoms with Crippen molar-refractivity contribution in [3.05, 3.63) is 33.7 Å². The maximum atomic E-state index is 11.1. The molecule has 1 aromatic rings. The summed E-state index contributed by atoms with van der Waals surface area (Å²) in [6, 6.07) is 5.34. The molecule has 14 heavy (non-hydrogen) atoms. The summed E-state index contributed by atoms with van der Waals surface area (Å²) in [5.74, 6) is 0. The Hall–Kier alpha value is -1.89. The second-order valence-corrected chi connectivity index (χ2v) is 3.01. The molecule has 72 valence electrons. The smallest absolute Gasteiger partial charge is 0.230 e. The third-order valence-electron chi connectivity index (χ3n) is 2.01. The molecule has 0 amide bonds. The fraction of sp³-hybridized carbons (Fsp3) is 0.300. The first-order valence-electron chi connectivity index (χ1n) is 4.13. The minimum Gasteiger partial charge on any atom is -0.230 e. The number of benzene rings is 1. The van der Waals surface area contributed by atoms with E-state index in [9.17, 15) is 4.91 Å². The highest BCUT2D eigenvalue weighted by Crippen LogP contribution is 2.21. The lowest BCUT2D eigenvalue weighted by Crippen LogP contribution is -2.00. The molecule has 0 spiro atoms. The third kappa shape index (κ3) is 1.72. The van der Waals surface area contributed by atoms with Gasteiger partial charge >= 0.3 is 5.69 Å².